The van der Waals surface area contributed by atoms with Crippen molar-refractivity contribution in [2.24, 2.45) is 11.1 Å². The third kappa shape index (κ3) is 1.45. The van der Waals surface area contributed by atoms with Gasteiger partial charge in [-0.2, -0.15) is 0 Å². The first kappa shape index (κ1) is 11.5. The fourth-order valence-electron chi connectivity index (χ4n) is 3.00. The lowest BCUT2D eigenvalue weighted by Gasteiger charge is -2.13. The number of rotatable bonds is 2. The number of ether oxygens (including phenoxy) is 1. The lowest BCUT2D eigenvalue weighted by atomic mass is 9.96. The van der Waals surface area contributed by atoms with Crippen molar-refractivity contribution in [1.29, 1.82) is 0 Å². The minimum absolute atomic E-state index is 0.164. The van der Waals surface area contributed by atoms with Gasteiger partial charge in [-0.1, -0.05) is 44.2 Å². The van der Waals surface area contributed by atoms with Crippen LogP contribution >= 0.6 is 0 Å². The predicted molar refractivity (Wildman–Crippen MR) is 75.0 cm³/mol. The lowest BCUT2D eigenvalue weighted by molar-refractivity contribution is 0.408. The van der Waals surface area contributed by atoms with E-state index < -0.39 is 0 Å². The van der Waals surface area contributed by atoms with E-state index in [1.165, 1.54) is 16.3 Å². The Balaban J connectivity index is 2.26. The van der Waals surface area contributed by atoms with Gasteiger partial charge >= 0.3 is 0 Å². The molecule has 0 spiro atoms. The first-order chi connectivity index (χ1) is 8.57. The molecule has 2 atom stereocenters. The summed E-state index contributed by atoms with van der Waals surface area (Å²) in [5.74, 6) is 1.35. The van der Waals surface area contributed by atoms with Crippen molar-refractivity contribution in [2.75, 3.05) is 7.11 Å². The molecular formula is C16H19NO. The van der Waals surface area contributed by atoms with Gasteiger partial charge in [0.15, 0.2) is 0 Å². The molecule has 0 heterocycles. The fraction of sp³-hybridized carbons (Fsp3) is 0.375. The van der Waals surface area contributed by atoms with Crippen molar-refractivity contribution >= 4 is 10.8 Å². The van der Waals surface area contributed by atoms with Crippen LogP contribution in [0.1, 0.15) is 25.3 Å². The first-order valence-corrected chi connectivity index (χ1v) is 6.38. The van der Waals surface area contributed by atoms with Crippen molar-refractivity contribution in [1.82, 2.24) is 0 Å². The summed E-state index contributed by atoms with van der Waals surface area (Å²) in [6, 6.07) is 12.8. The Morgan fingerprint density at radius 3 is 2.39 bits per heavy atom. The highest BCUT2D eigenvalue weighted by Crippen LogP contribution is 2.60. The quantitative estimate of drug-likeness (QED) is 0.875. The summed E-state index contributed by atoms with van der Waals surface area (Å²) >= 11 is 0. The topological polar surface area (TPSA) is 35.2 Å². The van der Waals surface area contributed by atoms with Crippen molar-refractivity contribution in [3.8, 4) is 5.75 Å². The molecule has 2 aromatic rings. The Morgan fingerprint density at radius 2 is 1.78 bits per heavy atom. The minimum atomic E-state index is 0.164. The molecule has 0 aromatic heterocycles. The second-order valence-corrected chi connectivity index (χ2v) is 5.73. The van der Waals surface area contributed by atoms with Gasteiger partial charge in [-0.3, -0.25) is 0 Å². The summed E-state index contributed by atoms with van der Waals surface area (Å²) < 4.78 is 5.54. The maximum absolute atomic E-state index is 6.24. The smallest absolute Gasteiger partial charge is 0.123 e. The number of hydrogen-bond acceptors (Lipinski definition) is 2. The fourth-order valence-corrected chi connectivity index (χ4v) is 3.00. The molecule has 2 unspecified atom stereocenters. The molecule has 1 fully saturated rings. The normalized spacial score (nSPS) is 25.1. The molecule has 1 aliphatic rings. The maximum Gasteiger partial charge on any atom is 0.123 e. The average Bonchev–Trinajstić information content (AvgIpc) is 2.87. The molecule has 2 heteroatoms. The summed E-state index contributed by atoms with van der Waals surface area (Å²) in [4.78, 5) is 0. The van der Waals surface area contributed by atoms with E-state index in [9.17, 15) is 0 Å². The van der Waals surface area contributed by atoms with E-state index in [4.69, 9.17) is 10.5 Å². The monoisotopic (exact) mass is 241 g/mol. The SMILES string of the molecule is COc1ccc2ccccc2c1C1C(N)C1(C)C. The molecule has 2 nitrogen and oxygen atoms in total. The van der Waals surface area contributed by atoms with Crippen LogP contribution < -0.4 is 10.5 Å². The Kier molecular flexibility index (Phi) is 2.39. The molecule has 1 saturated carbocycles. The minimum Gasteiger partial charge on any atom is -0.496 e. The molecule has 0 aliphatic heterocycles. The van der Waals surface area contributed by atoms with E-state index in [2.05, 4.69) is 50.2 Å². The van der Waals surface area contributed by atoms with Gasteiger partial charge in [0.1, 0.15) is 5.75 Å². The van der Waals surface area contributed by atoms with Crippen LogP contribution in [0.5, 0.6) is 5.75 Å². The van der Waals surface area contributed by atoms with Crippen LogP contribution in [0.4, 0.5) is 0 Å². The predicted octanol–water partition coefficient (Wildman–Crippen LogP) is 3.30. The van der Waals surface area contributed by atoms with Crippen molar-refractivity contribution in [3.63, 3.8) is 0 Å². The zero-order valence-corrected chi connectivity index (χ0v) is 11.1. The highest BCUT2D eigenvalue weighted by Gasteiger charge is 2.57. The van der Waals surface area contributed by atoms with Crippen LogP contribution in [-0.2, 0) is 0 Å². The van der Waals surface area contributed by atoms with Crippen LogP contribution in [0.25, 0.3) is 10.8 Å². The van der Waals surface area contributed by atoms with Crippen molar-refractivity contribution in [2.45, 2.75) is 25.8 Å². The van der Waals surface area contributed by atoms with Crippen LogP contribution in [0.15, 0.2) is 36.4 Å². The van der Waals surface area contributed by atoms with Gasteiger partial charge in [0, 0.05) is 17.5 Å². The zero-order valence-electron chi connectivity index (χ0n) is 11.1. The molecule has 3 rings (SSSR count). The van der Waals surface area contributed by atoms with Gasteiger partial charge in [-0.15, -0.1) is 0 Å². The highest BCUT2D eigenvalue weighted by molar-refractivity contribution is 5.89. The molecule has 0 bridgehead atoms. The van der Waals surface area contributed by atoms with Gasteiger partial charge in [0.25, 0.3) is 0 Å². The second kappa shape index (κ2) is 3.72. The van der Waals surface area contributed by atoms with E-state index in [1.54, 1.807) is 7.11 Å². The zero-order chi connectivity index (χ0) is 12.9. The number of fused-ring (bicyclic) bond motifs is 1. The number of methoxy groups -OCH3 is 1. The molecular weight excluding hydrogens is 222 g/mol. The van der Waals surface area contributed by atoms with Crippen LogP contribution in [-0.4, -0.2) is 13.2 Å². The van der Waals surface area contributed by atoms with E-state index >= 15 is 0 Å². The van der Waals surface area contributed by atoms with Crippen LogP contribution in [0, 0.1) is 5.41 Å². The van der Waals surface area contributed by atoms with Crippen LogP contribution in [0.2, 0.25) is 0 Å². The van der Waals surface area contributed by atoms with E-state index in [0.717, 1.165) is 5.75 Å². The van der Waals surface area contributed by atoms with E-state index in [-0.39, 0.29) is 11.5 Å². The summed E-state index contributed by atoms with van der Waals surface area (Å²) in [7, 11) is 1.73. The van der Waals surface area contributed by atoms with Crippen molar-refractivity contribution in [3.05, 3.63) is 42.0 Å². The lowest BCUT2D eigenvalue weighted by Crippen LogP contribution is -2.06. The third-order valence-corrected chi connectivity index (χ3v) is 4.37. The Bertz CT molecular complexity index is 603. The van der Waals surface area contributed by atoms with Gasteiger partial charge in [0.2, 0.25) is 0 Å². The highest BCUT2D eigenvalue weighted by atomic mass is 16.5. The second-order valence-electron chi connectivity index (χ2n) is 5.73. The van der Waals surface area contributed by atoms with Gasteiger partial charge in [-0.25, -0.2) is 0 Å². The van der Waals surface area contributed by atoms with E-state index in [1.807, 2.05) is 0 Å². The Labute approximate surface area is 108 Å². The Morgan fingerprint density at radius 1 is 1.11 bits per heavy atom. The molecule has 0 amide bonds. The summed E-state index contributed by atoms with van der Waals surface area (Å²) in [6.07, 6.45) is 0. The van der Waals surface area contributed by atoms with Crippen LogP contribution in [0.3, 0.4) is 0 Å². The van der Waals surface area contributed by atoms with Gasteiger partial charge in [-0.05, 0) is 22.3 Å². The molecule has 0 saturated heterocycles. The molecule has 94 valence electrons. The molecule has 18 heavy (non-hydrogen) atoms. The standard InChI is InChI=1S/C16H19NO/c1-16(2)14(15(16)17)13-11-7-5-4-6-10(11)8-9-12(13)18-3/h4-9,14-15H,17H2,1-3H3. The Hall–Kier alpha value is -1.54. The first-order valence-electron chi connectivity index (χ1n) is 6.38. The van der Waals surface area contributed by atoms with Gasteiger partial charge in [0.05, 0.1) is 7.11 Å². The number of benzene rings is 2. The number of nitrogens with two attached hydrogens (primary N) is 1. The summed E-state index contributed by atoms with van der Waals surface area (Å²) in [5.41, 5.74) is 7.67. The average molecular weight is 241 g/mol. The molecule has 1 aliphatic carbocycles. The third-order valence-electron chi connectivity index (χ3n) is 4.37. The largest absolute Gasteiger partial charge is 0.496 e. The summed E-state index contributed by atoms with van der Waals surface area (Å²) in [6.45, 7) is 4.45. The maximum atomic E-state index is 6.24. The molecule has 2 N–H and O–H groups in total. The summed E-state index contributed by atoms with van der Waals surface area (Å²) in [5, 5.41) is 2.52. The van der Waals surface area contributed by atoms with Gasteiger partial charge < -0.3 is 10.5 Å². The molecule has 0 radical (unpaired) electrons. The number of hydrogen-bond donors (Lipinski definition) is 1. The van der Waals surface area contributed by atoms with Crippen molar-refractivity contribution < 1.29 is 4.74 Å². The van der Waals surface area contributed by atoms with E-state index in [0.29, 0.717) is 5.92 Å². The molecule has 2 aromatic carbocycles.